The number of urea groups is 1. The Bertz CT molecular complexity index is 955. The van der Waals surface area contributed by atoms with E-state index in [4.69, 9.17) is 0 Å². The summed E-state index contributed by atoms with van der Waals surface area (Å²) in [5.74, 6) is -0.253. The smallest absolute Gasteiger partial charge is 0.319 e. The van der Waals surface area contributed by atoms with Crippen LogP contribution >= 0.6 is 0 Å². The first-order valence-corrected chi connectivity index (χ1v) is 10.2. The molecule has 0 spiro atoms. The normalized spacial score (nSPS) is 23.0. The molecule has 2 aliphatic heterocycles. The fourth-order valence-corrected chi connectivity index (χ4v) is 4.35. The molecular weight excluding hydrogens is 380 g/mol. The van der Waals surface area contributed by atoms with Crippen LogP contribution in [0.3, 0.4) is 0 Å². The molecule has 2 heterocycles. The Balaban J connectivity index is 1.38. The van der Waals surface area contributed by atoms with E-state index in [1.54, 1.807) is 4.90 Å². The van der Waals surface area contributed by atoms with Crippen molar-refractivity contribution in [2.45, 2.75) is 44.8 Å². The summed E-state index contributed by atoms with van der Waals surface area (Å²) in [4.78, 5) is 39.6. The molecule has 7 nitrogen and oxygen atoms in total. The van der Waals surface area contributed by atoms with Gasteiger partial charge < -0.3 is 20.9 Å². The van der Waals surface area contributed by atoms with Gasteiger partial charge in [-0.2, -0.15) is 0 Å². The fraction of sp³-hybridized carbons (Fsp3) is 0.348. The molecule has 2 fully saturated rings. The van der Waals surface area contributed by atoms with E-state index in [2.05, 4.69) is 16.0 Å². The molecular formula is C23H26N4O3. The lowest BCUT2D eigenvalue weighted by Crippen LogP contribution is -2.61. The summed E-state index contributed by atoms with van der Waals surface area (Å²) in [5, 5.41) is 8.60. The second kappa shape index (κ2) is 8.18. The van der Waals surface area contributed by atoms with E-state index < -0.39 is 12.1 Å². The number of fused-ring (bicyclic) bond motifs is 1. The van der Waals surface area contributed by atoms with Crippen molar-refractivity contribution >= 4 is 23.5 Å². The summed E-state index contributed by atoms with van der Waals surface area (Å²) in [5.41, 5.74) is 3.85. The maximum absolute atomic E-state index is 12.9. The van der Waals surface area contributed by atoms with E-state index >= 15 is 0 Å². The predicted molar refractivity (Wildman–Crippen MR) is 114 cm³/mol. The van der Waals surface area contributed by atoms with Crippen molar-refractivity contribution in [3.05, 3.63) is 65.2 Å². The molecule has 0 radical (unpaired) electrons. The molecule has 4 amide bonds. The second-order valence-electron chi connectivity index (χ2n) is 8.16. The average Bonchev–Trinajstić information content (AvgIpc) is 3.10. The van der Waals surface area contributed by atoms with Crippen molar-refractivity contribution in [3.8, 4) is 0 Å². The molecule has 0 unspecified atom stereocenters. The summed E-state index contributed by atoms with van der Waals surface area (Å²) in [6.45, 7) is 4.28. The zero-order chi connectivity index (χ0) is 21.3. The Hall–Kier alpha value is -3.35. The van der Waals surface area contributed by atoms with Gasteiger partial charge in [0, 0.05) is 18.7 Å². The van der Waals surface area contributed by atoms with Crippen LogP contribution in [0, 0.1) is 13.8 Å². The molecule has 4 rings (SSSR count). The molecule has 3 N–H and O–H groups in total. The van der Waals surface area contributed by atoms with Gasteiger partial charge in [-0.15, -0.1) is 0 Å². The molecule has 0 saturated carbocycles. The molecule has 2 aliphatic rings. The number of benzene rings is 2. The number of carbonyl (C=O) groups is 3. The summed E-state index contributed by atoms with van der Waals surface area (Å²) in [6.07, 6.45) is 0.871. The van der Waals surface area contributed by atoms with Gasteiger partial charge in [0.05, 0.1) is 6.04 Å². The van der Waals surface area contributed by atoms with Crippen molar-refractivity contribution in [1.82, 2.24) is 15.5 Å². The molecule has 3 atom stereocenters. The number of hydrogen-bond donors (Lipinski definition) is 3. The third-order valence-corrected chi connectivity index (χ3v) is 5.60. The third-order valence-electron chi connectivity index (χ3n) is 5.60. The predicted octanol–water partition coefficient (Wildman–Crippen LogP) is 2.14. The highest BCUT2D eigenvalue weighted by atomic mass is 16.2. The molecule has 7 heteroatoms. The lowest BCUT2D eigenvalue weighted by Gasteiger charge is -2.34. The van der Waals surface area contributed by atoms with Gasteiger partial charge >= 0.3 is 6.03 Å². The minimum absolute atomic E-state index is 0.0949. The Morgan fingerprint density at radius 1 is 1.10 bits per heavy atom. The SMILES string of the molecule is Cc1cc(C)cc(NC(=O)N[C@H]2C[C@H]3C(=O)N[C@H](Cc4ccccc4)C(=O)N3C2)c1. The number of anilines is 1. The van der Waals surface area contributed by atoms with Crippen LogP contribution in [0.4, 0.5) is 10.5 Å². The standard InChI is InChI=1S/C23H26N4O3/c1-14-8-15(2)10-17(9-14)24-23(30)25-18-12-20-21(28)26-19(22(29)27(20)13-18)11-16-6-4-3-5-7-16/h3-10,18-20H,11-13H2,1-2H3,(H,26,28)(H2,24,25,30)/t18-,19+,20-/m0/s1. The van der Waals surface area contributed by atoms with Crippen LogP contribution in [0.5, 0.6) is 0 Å². The van der Waals surface area contributed by atoms with Gasteiger partial charge in [0.1, 0.15) is 12.1 Å². The fourth-order valence-electron chi connectivity index (χ4n) is 4.35. The number of aryl methyl sites for hydroxylation is 2. The van der Waals surface area contributed by atoms with Crippen molar-refractivity contribution in [1.29, 1.82) is 0 Å². The van der Waals surface area contributed by atoms with E-state index in [0.29, 0.717) is 19.4 Å². The van der Waals surface area contributed by atoms with Gasteiger partial charge in [0.15, 0.2) is 0 Å². The quantitative estimate of drug-likeness (QED) is 0.727. The largest absolute Gasteiger partial charge is 0.342 e. The third kappa shape index (κ3) is 4.30. The Morgan fingerprint density at radius 3 is 2.50 bits per heavy atom. The van der Waals surface area contributed by atoms with Crippen molar-refractivity contribution < 1.29 is 14.4 Å². The highest BCUT2D eigenvalue weighted by molar-refractivity contribution is 5.98. The lowest BCUT2D eigenvalue weighted by molar-refractivity contribution is -0.147. The first-order valence-electron chi connectivity index (χ1n) is 10.2. The van der Waals surface area contributed by atoms with Crippen LogP contribution in [0.15, 0.2) is 48.5 Å². The number of amides is 4. The molecule has 2 aromatic rings. The number of carbonyl (C=O) groups excluding carboxylic acids is 3. The summed E-state index contributed by atoms with van der Waals surface area (Å²) < 4.78 is 0. The van der Waals surface area contributed by atoms with Crippen LogP contribution in [0.1, 0.15) is 23.1 Å². The monoisotopic (exact) mass is 406 g/mol. The van der Waals surface area contributed by atoms with Gasteiger partial charge in [-0.05, 0) is 49.1 Å². The van der Waals surface area contributed by atoms with E-state index in [9.17, 15) is 14.4 Å². The summed E-state index contributed by atoms with van der Waals surface area (Å²) in [6, 6.07) is 13.8. The van der Waals surface area contributed by atoms with E-state index in [1.165, 1.54) is 0 Å². The minimum Gasteiger partial charge on any atom is -0.342 e. The topological polar surface area (TPSA) is 90.5 Å². The molecule has 156 valence electrons. The Morgan fingerprint density at radius 2 is 1.80 bits per heavy atom. The van der Waals surface area contributed by atoms with Gasteiger partial charge in [-0.1, -0.05) is 36.4 Å². The molecule has 30 heavy (non-hydrogen) atoms. The molecule has 0 bridgehead atoms. The molecule has 2 saturated heterocycles. The average molecular weight is 406 g/mol. The molecule has 0 aromatic heterocycles. The van der Waals surface area contributed by atoms with E-state index in [-0.39, 0.29) is 23.9 Å². The zero-order valence-corrected chi connectivity index (χ0v) is 17.1. The lowest BCUT2D eigenvalue weighted by atomic mass is 10.0. The van der Waals surface area contributed by atoms with Gasteiger partial charge in [-0.25, -0.2) is 4.79 Å². The maximum atomic E-state index is 12.9. The van der Waals surface area contributed by atoms with E-state index in [1.807, 2.05) is 62.4 Å². The van der Waals surface area contributed by atoms with Crippen LogP contribution in [-0.4, -0.2) is 47.4 Å². The van der Waals surface area contributed by atoms with Crippen LogP contribution in [0.25, 0.3) is 0 Å². The van der Waals surface area contributed by atoms with Crippen LogP contribution in [-0.2, 0) is 16.0 Å². The van der Waals surface area contributed by atoms with E-state index in [0.717, 1.165) is 22.4 Å². The number of nitrogens with one attached hydrogen (secondary N) is 3. The molecule has 2 aromatic carbocycles. The minimum atomic E-state index is -0.570. The number of rotatable bonds is 4. The van der Waals surface area contributed by atoms with Crippen molar-refractivity contribution in [2.75, 3.05) is 11.9 Å². The van der Waals surface area contributed by atoms with Crippen molar-refractivity contribution in [2.24, 2.45) is 0 Å². The van der Waals surface area contributed by atoms with Crippen LogP contribution in [0.2, 0.25) is 0 Å². The Kier molecular flexibility index (Phi) is 5.44. The van der Waals surface area contributed by atoms with Gasteiger partial charge in [0.2, 0.25) is 11.8 Å². The summed E-state index contributed by atoms with van der Waals surface area (Å²) in [7, 11) is 0. The van der Waals surface area contributed by atoms with Gasteiger partial charge in [-0.3, -0.25) is 9.59 Å². The van der Waals surface area contributed by atoms with Gasteiger partial charge in [0.25, 0.3) is 0 Å². The van der Waals surface area contributed by atoms with Crippen LogP contribution < -0.4 is 16.0 Å². The summed E-state index contributed by atoms with van der Waals surface area (Å²) >= 11 is 0. The first-order chi connectivity index (χ1) is 14.4. The highest BCUT2D eigenvalue weighted by Crippen LogP contribution is 2.24. The second-order valence-corrected chi connectivity index (χ2v) is 8.16. The van der Waals surface area contributed by atoms with Crippen molar-refractivity contribution in [3.63, 3.8) is 0 Å². The number of piperazine rings is 1. The highest BCUT2D eigenvalue weighted by Gasteiger charge is 2.46. The maximum Gasteiger partial charge on any atom is 0.319 e. The number of hydrogen-bond acceptors (Lipinski definition) is 3. The number of nitrogens with zero attached hydrogens (tertiary/aromatic N) is 1. The molecule has 0 aliphatic carbocycles. The first kappa shape index (κ1) is 19.9. The Labute approximate surface area is 175 Å². The zero-order valence-electron chi connectivity index (χ0n) is 17.1.